The summed E-state index contributed by atoms with van der Waals surface area (Å²) >= 11 is 0. The predicted octanol–water partition coefficient (Wildman–Crippen LogP) is 4.33. The number of benzene rings is 2. The van der Waals surface area contributed by atoms with E-state index in [2.05, 4.69) is 45.3 Å². The SMILES string of the molecule is COc1ccc(NC(=O)c2ccc3c(c2)C2(CCCN(C)C2)CN3Cc2cccnc2)cc1. The number of piperidine rings is 1. The van der Waals surface area contributed by atoms with Gasteiger partial charge in [0.1, 0.15) is 5.75 Å². The van der Waals surface area contributed by atoms with Gasteiger partial charge in [-0.2, -0.15) is 0 Å². The fraction of sp³-hybridized carbons (Fsp3) is 0.333. The summed E-state index contributed by atoms with van der Waals surface area (Å²) in [6.45, 7) is 3.92. The third-order valence-corrected chi connectivity index (χ3v) is 6.88. The molecule has 2 aliphatic rings. The summed E-state index contributed by atoms with van der Waals surface area (Å²) < 4.78 is 5.21. The lowest BCUT2D eigenvalue weighted by Crippen LogP contribution is -2.47. The number of carbonyl (C=O) groups excluding carboxylic acids is 1. The quantitative estimate of drug-likeness (QED) is 0.638. The average molecular weight is 443 g/mol. The van der Waals surface area contributed by atoms with E-state index in [0.717, 1.165) is 44.0 Å². The molecule has 5 rings (SSSR count). The van der Waals surface area contributed by atoms with Gasteiger partial charge in [-0.3, -0.25) is 9.78 Å². The number of likely N-dealkylation sites (tertiary alicyclic amines) is 1. The van der Waals surface area contributed by atoms with Crippen molar-refractivity contribution < 1.29 is 9.53 Å². The number of aromatic nitrogens is 1. The predicted molar refractivity (Wildman–Crippen MR) is 131 cm³/mol. The van der Waals surface area contributed by atoms with E-state index in [1.165, 1.54) is 23.2 Å². The van der Waals surface area contributed by atoms with Gasteiger partial charge >= 0.3 is 0 Å². The van der Waals surface area contributed by atoms with E-state index >= 15 is 0 Å². The number of pyridine rings is 1. The molecule has 1 N–H and O–H groups in total. The van der Waals surface area contributed by atoms with Crippen LogP contribution in [0, 0.1) is 0 Å². The molecule has 3 aromatic rings. The fourth-order valence-electron chi connectivity index (χ4n) is 5.36. The van der Waals surface area contributed by atoms with Gasteiger partial charge in [0.05, 0.1) is 7.11 Å². The van der Waals surface area contributed by atoms with Crippen LogP contribution in [-0.4, -0.2) is 49.6 Å². The molecule has 170 valence electrons. The first-order valence-corrected chi connectivity index (χ1v) is 11.5. The van der Waals surface area contributed by atoms with Gasteiger partial charge in [-0.25, -0.2) is 0 Å². The molecule has 0 saturated carbocycles. The van der Waals surface area contributed by atoms with Gasteiger partial charge in [0, 0.05) is 54.4 Å². The Morgan fingerprint density at radius 3 is 2.73 bits per heavy atom. The molecule has 6 nitrogen and oxygen atoms in total. The Kier molecular flexibility index (Phi) is 5.77. The van der Waals surface area contributed by atoms with Gasteiger partial charge < -0.3 is 19.9 Å². The topological polar surface area (TPSA) is 57.7 Å². The number of nitrogens with zero attached hydrogens (tertiary/aromatic N) is 3. The number of rotatable bonds is 5. The van der Waals surface area contributed by atoms with Crippen molar-refractivity contribution in [3.05, 3.63) is 83.7 Å². The van der Waals surface area contributed by atoms with Crippen molar-refractivity contribution in [2.24, 2.45) is 0 Å². The van der Waals surface area contributed by atoms with Gasteiger partial charge in [0.2, 0.25) is 0 Å². The van der Waals surface area contributed by atoms with Gasteiger partial charge in [0.15, 0.2) is 0 Å². The number of fused-ring (bicyclic) bond motifs is 2. The van der Waals surface area contributed by atoms with Gasteiger partial charge in [-0.05, 0) is 86.1 Å². The van der Waals surface area contributed by atoms with Crippen LogP contribution in [0.15, 0.2) is 67.0 Å². The van der Waals surface area contributed by atoms with Gasteiger partial charge in [-0.1, -0.05) is 6.07 Å². The van der Waals surface area contributed by atoms with E-state index < -0.39 is 0 Å². The number of carbonyl (C=O) groups is 1. The molecule has 6 heteroatoms. The molecule has 1 unspecified atom stereocenters. The highest BCUT2D eigenvalue weighted by atomic mass is 16.5. The molecule has 0 bridgehead atoms. The average Bonchev–Trinajstić information content (AvgIpc) is 3.11. The molecule has 2 aliphatic heterocycles. The molecule has 1 aromatic heterocycles. The first-order valence-electron chi connectivity index (χ1n) is 11.5. The number of anilines is 2. The van der Waals surface area contributed by atoms with Crippen molar-refractivity contribution >= 4 is 17.3 Å². The standard InChI is InChI=1S/C27H30N4O2/c1-30-14-4-12-27(18-30)19-31(17-20-5-3-13-28-16-20)25-11-6-21(15-24(25)27)26(32)29-22-7-9-23(33-2)10-8-22/h3,5-11,13,15-16H,4,12,14,17-19H2,1-2H3,(H,29,32). The smallest absolute Gasteiger partial charge is 0.255 e. The Hall–Kier alpha value is -3.38. The molecule has 0 radical (unpaired) electrons. The summed E-state index contributed by atoms with van der Waals surface area (Å²) in [5.74, 6) is 0.676. The van der Waals surface area contributed by atoms with Crippen molar-refractivity contribution in [3.63, 3.8) is 0 Å². The van der Waals surface area contributed by atoms with E-state index in [1.54, 1.807) is 7.11 Å². The summed E-state index contributed by atoms with van der Waals surface area (Å²) in [5.41, 5.74) is 5.22. The Balaban J connectivity index is 1.45. The third-order valence-electron chi connectivity index (χ3n) is 6.88. The van der Waals surface area contributed by atoms with Gasteiger partial charge in [-0.15, -0.1) is 0 Å². The van der Waals surface area contributed by atoms with Crippen LogP contribution in [0.1, 0.15) is 34.3 Å². The second kappa shape index (κ2) is 8.87. The third kappa shape index (κ3) is 4.31. The maximum Gasteiger partial charge on any atom is 0.255 e. The molecule has 1 saturated heterocycles. The maximum absolute atomic E-state index is 13.1. The van der Waals surface area contributed by atoms with Crippen LogP contribution >= 0.6 is 0 Å². The van der Waals surface area contributed by atoms with Crippen molar-refractivity contribution in [1.82, 2.24) is 9.88 Å². The van der Waals surface area contributed by atoms with Crippen molar-refractivity contribution in [2.75, 3.05) is 44.0 Å². The number of ether oxygens (including phenoxy) is 1. The van der Waals surface area contributed by atoms with E-state index in [-0.39, 0.29) is 11.3 Å². The van der Waals surface area contributed by atoms with Crippen LogP contribution in [-0.2, 0) is 12.0 Å². The summed E-state index contributed by atoms with van der Waals surface area (Å²) in [4.78, 5) is 22.3. The van der Waals surface area contributed by atoms with Crippen LogP contribution in [0.3, 0.4) is 0 Å². The zero-order chi connectivity index (χ0) is 22.8. The molecular weight excluding hydrogens is 412 g/mol. The summed E-state index contributed by atoms with van der Waals surface area (Å²) in [5, 5.41) is 3.03. The highest BCUT2D eigenvalue weighted by molar-refractivity contribution is 6.04. The molecule has 1 atom stereocenters. The zero-order valence-electron chi connectivity index (χ0n) is 19.3. The molecule has 1 spiro atoms. The number of likely N-dealkylation sites (N-methyl/N-ethyl adjacent to an activating group) is 1. The summed E-state index contributed by atoms with van der Waals surface area (Å²) in [7, 11) is 3.83. The van der Waals surface area contributed by atoms with Crippen molar-refractivity contribution in [2.45, 2.75) is 24.8 Å². The maximum atomic E-state index is 13.1. The minimum atomic E-state index is -0.0898. The zero-order valence-corrected chi connectivity index (χ0v) is 19.3. The van der Waals surface area contributed by atoms with Crippen LogP contribution in [0.25, 0.3) is 0 Å². The monoisotopic (exact) mass is 442 g/mol. The Morgan fingerprint density at radius 1 is 1.15 bits per heavy atom. The summed E-state index contributed by atoms with van der Waals surface area (Å²) in [6.07, 6.45) is 6.05. The van der Waals surface area contributed by atoms with Crippen molar-refractivity contribution in [3.8, 4) is 5.75 Å². The second-order valence-electron chi connectivity index (χ2n) is 9.25. The first-order chi connectivity index (χ1) is 16.1. The lowest BCUT2D eigenvalue weighted by Gasteiger charge is -2.39. The largest absolute Gasteiger partial charge is 0.497 e. The highest BCUT2D eigenvalue weighted by Gasteiger charge is 2.45. The lowest BCUT2D eigenvalue weighted by molar-refractivity contribution is 0.102. The molecule has 1 amide bonds. The first kappa shape index (κ1) is 21.5. The molecule has 3 heterocycles. The molecule has 33 heavy (non-hydrogen) atoms. The minimum absolute atomic E-state index is 0.0426. The number of hydrogen-bond acceptors (Lipinski definition) is 5. The molecular formula is C27H30N4O2. The van der Waals surface area contributed by atoms with E-state index in [9.17, 15) is 4.79 Å². The molecule has 2 aromatic carbocycles. The Labute approximate surface area is 195 Å². The number of methoxy groups -OCH3 is 1. The van der Waals surface area contributed by atoms with Gasteiger partial charge in [0.25, 0.3) is 5.91 Å². The van der Waals surface area contributed by atoms with Crippen molar-refractivity contribution in [1.29, 1.82) is 0 Å². The molecule has 1 fully saturated rings. The van der Waals surface area contributed by atoms with Crippen LogP contribution < -0.4 is 15.0 Å². The normalized spacial score (nSPS) is 20.0. The second-order valence-corrected chi connectivity index (χ2v) is 9.25. The Morgan fingerprint density at radius 2 is 2.00 bits per heavy atom. The van der Waals surface area contributed by atoms with E-state index in [0.29, 0.717) is 5.56 Å². The highest BCUT2D eigenvalue weighted by Crippen LogP contribution is 2.46. The lowest BCUT2D eigenvalue weighted by atomic mass is 9.75. The van der Waals surface area contributed by atoms with Crippen LogP contribution in [0.5, 0.6) is 5.75 Å². The van der Waals surface area contributed by atoms with E-state index in [4.69, 9.17) is 4.74 Å². The Bertz CT molecular complexity index is 1130. The fourth-order valence-corrected chi connectivity index (χ4v) is 5.36. The number of nitrogens with one attached hydrogen (secondary N) is 1. The summed E-state index contributed by atoms with van der Waals surface area (Å²) in [6, 6.07) is 17.7. The van der Waals surface area contributed by atoms with Crippen LogP contribution in [0.2, 0.25) is 0 Å². The molecule has 0 aliphatic carbocycles. The number of amides is 1. The van der Waals surface area contributed by atoms with Crippen LogP contribution in [0.4, 0.5) is 11.4 Å². The number of hydrogen-bond donors (Lipinski definition) is 1. The van der Waals surface area contributed by atoms with E-state index in [1.807, 2.05) is 48.8 Å². The minimum Gasteiger partial charge on any atom is -0.497 e.